The number of aryl methyl sites for hydroxylation is 1. The lowest BCUT2D eigenvalue weighted by Crippen LogP contribution is -2.43. The Balaban J connectivity index is 2.54. The Morgan fingerprint density at radius 2 is 2.00 bits per heavy atom. The molecule has 1 amide bonds. The lowest BCUT2D eigenvalue weighted by Gasteiger charge is -2.15. The Labute approximate surface area is 107 Å². The van der Waals surface area contributed by atoms with Crippen LogP contribution in [0.4, 0.5) is 0 Å². The summed E-state index contributed by atoms with van der Waals surface area (Å²) < 4.78 is 0. The van der Waals surface area contributed by atoms with E-state index in [4.69, 9.17) is 18.0 Å². The van der Waals surface area contributed by atoms with Gasteiger partial charge in [-0.1, -0.05) is 49.0 Å². The molecule has 1 aromatic rings. The minimum absolute atomic E-state index is 0.0477. The highest BCUT2D eigenvalue weighted by Crippen LogP contribution is 2.04. The number of thiocarbonyl (C=S) groups is 1. The Morgan fingerprint density at radius 3 is 2.47 bits per heavy atom. The number of carbonyl (C=O) groups excluding carboxylic acids is 1. The molecule has 0 heterocycles. The minimum Gasteiger partial charge on any atom is -0.392 e. The van der Waals surface area contributed by atoms with Crippen molar-refractivity contribution in [1.82, 2.24) is 5.32 Å². The fourth-order valence-electron chi connectivity index (χ4n) is 1.51. The third-order valence-corrected chi connectivity index (χ3v) is 2.86. The van der Waals surface area contributed by atoms with Crippen molar-refractivity contribution in [2.24, 2.45) is 5.73 Å². The van der Waals surface area contributed by atoms with Gasteiger partial charge in [0, 0.05) is 0 Å². The fourth-order valence-corrected chi connectivity index (χ4v) is 1.74. The van der Waals surface area contributed by atoms with Crippen LogP contribution < -0.4 is 11.1 Å². The third-order valence-electron chi connectivity index (χ3n) is 2.57. The molecule has 0 saturated carbocycles. The number of rotatable bonds is 5. The van der Waals surface area contributed by atoms with Gasteiger partial charge in [-0.3, -0.25) is 4.79 Å². The van der Waals surface area contributed by atoms with E-state index in [1.165, 1.54) is 5.56 Å². The van der Waals surface area contributed by atoms with Crippen molar-refractivity contribution >= 4 is 23.1 Å². The summed E-state index contributed by atoms with van der Waals surface area (Å²) in [4.78, 5) is 12.1. The van der Waals surface area contributed by atoms with E-state index in [1.807, 2.05) is 38.1 Å². The second-order valence-corrected chi connectivity index (χ2v) is 4.56. The van der Waals surface area contributed by atoms with E-state index >= 15 is 0 Å². The standard InChI is InChI=1S/C13H18N2OS/c1-3-11(13(14)17)15-12(16)8-10-6-4-9(2)5-7-10/h4-7,11H,3,8H2,1-2H3,(H2,14,17)(H,15,16). The molecule has 17 heavy (non-hydrogen) atoms. The first-order chi connectivity index (χ1) is 8.02. The molecule has 3 N–H and O–H groups in total. The lowest BCUT2D eigenvalue weighted by atomic mass is 10.1. The second-order valence-electron chi connectivity index (χ2n) is 4.09. The van der Waals surface area contributed by atoms with E-state index in [9.17, 15) is 4.79 Å². The number of hydrogen-bond acceptors (Lipinski definition) is 2. The van der Waals surface area contributed by atoms with Crippen molar-refractivity contribution in [3.8, 4) is 0 Å². The number of amides is 1. The van der Waals surface area contributed by atoms with Crippen molar-refractivity contribution in [3.05, 3.63) is 35.4 Å². The van der Waals surface area contributed by atoms with Crippen LogP contribution in [0.25, 0.3) is 0 Å². The highest BCUT2D eigenvalue weighted by atomic mass is 32.1. The molecule has 0 aromatic heterocycles. The molecule has 0 aliphatic heterocycles. The van der Waals surface area contributed by atoms with Crippen molar-refractivity contribution in [2.45, 2.75) is 32.7 Å². The molecule has 0 aliphatic rings. The fraction of sp³-hybridized carbons (Fsp3) is 0.385. The van der Waals surface area contributed by atoms with Gasteiger partial charge in [-0.25, -0.2) is 0 Å². The van der Waals surface area contributed by atoms with Crippen molar-refractivity contribution in [1.29, 1.82) is 0 Å². The predicted octanol–water partition coefficient (Wildman–Crippen LogP) is 1.72. The number of nitrogens with one attached hydrogen (secondary N) is 1. The molecule has 1 rings (SSSR count). The molecular weight excluding hydrogens is 232 g/mol. The number of nitrogens with two attached hydrogens (primary N) is 1. The van der Waals surface area contributed by atoms with Gasteiger partial charge in [-0.15, -0.1) is 0 Å². The van der Waals surface area contributed by atoms with E-state index < -0.39 is 0 Å². The highest BCUT2D eigenvalue weighted by molar-refractivity contribution is 7.80. The SMILES string of the molecule is CCC(NC(=O)Cc1ccc(C)cc1)C(N)=S. The van der Waals surface area contributed by atoms with Gasteiger partial charge >= 0.3 is 0 Å². The molecule has 1 aromatic carbocycles. The summed E-state index contributed by atoms with van der Waals surface area (Å²) in [6.07, 6.45) is 1.08. The Morgan fingerprint density at radius 1 is 1.41 bits per heavy atom. The topological polar surface area (TPSA) is 55.1 Å². The number of carbonyl (C=O) groups is 1. The summed E-state index contributed by atoms with van der Waals surface area (Å²) in [6, 6.07) is 7.69. The Kier molecular flexibility index (Phi) is 5.10. The normalized spacial score (nSPS) is 11.9. The van der Waals surface area contributed by atoms with Crippen LogP contribution in [0, 0.1) is 6.92 Å². The van der Waals surface area contributed by atoms with Gasteiger partial charge in [0.2, 0.25) is 5.91 Å². The van der Waals surface area contributed by atoms with Crippen LogP contribution in [0.1, 0.15) is 24.5 Å². The zero-order chi connectivity index (χ0) is 12.8. The molecule has 0 radical (unpaired) electrons. The van der Waals surface area contributed by atoms with Crippen LogP contribution in [-0.4, -0.2) is 16.9 Å². The van der Waals surface area contributed by atoms with E-state index in [2.05, 4.69) is 5.32 Å². The maximum absolute atomic E-state index is 11.7. The van der Waals surface area contributed by atoms with E-state index in [-0.39, 0.29) is 11.9 Å². The summed E-state index contributed by atoms with van der Waals surface area (Å²) in [5, 5.41) is 2.82. The maximum atomic E-state index is 11.7. The highest BCUT2D eigenvalue weighted by Gasteiger charge is 2.12. The molecule has 0 saturated heterocycles. The Hall–Kier alpha value is -1.42. The van der Waals surface area contributed by atoms with Crippen LogP contribution in [0.2, 0.25) is 0 Å². The molecule has 92 valence electrons. The second kappa shape index (κ2) is 6.35. The molecule has 4 heteroatoms. The average molecular weight is 250 g/mol. The van der Waals surface area contributed by atoms with Crippen LogP contribution in [-0.2, 0) is 11.2 Å². The van der Waals surface area contributed by atoms with E-state index in [0.717, 1.165) is 12.0 Å². The van der Waals surface area contributed by atoms with Gasteiger partial charge in [0.15, 0.2) is 0 Å². The summed E-state index contributed by atoms with van der Waals surface area (Å²) in [5.74, 6) is -0.0477. The first-order valence-electron chi connectivity index (χ1n) is 5.67. The third kappa shape index (κ3) is 4.53. The number of hydrogen-bond donors (Lipinski definition) is 2. The van der Waals surface area contributed by atoms with Crippen LogP contribution in [0.5, 0.6) is 0 Å². The maximum Gasteiger partial charge on any atom is 0.224 e. The summed E-state index contributed by atoms with van der Waals surface area (Å²) in [7, 11) is 0. The van der Waals surface area contributed by atoms with Crippen LogP contribution in [0.3, 0.4) is 0 Å². The van der Waals surface area contributed by atoms with Crippen molar-refractivity contribution < 1.29 is 4.79 Å². The molecule has 3 nitrogen and oxygen atoms in total. The molecule has 0 aliphatic carbocycles. The van der Waals surface area contributed by atoms with Gasteiger partial charge in [-0.2, -0.15) is 0 Å². The van der Waals surface area contributed by atoms with E-state index in [1.54, 1.807) is 0 Å². The molecule has 1 atom stereocenters. The van der Waals surface area contributed by atoms with E-state index in [0.29, 0.717) is 11.4 Å². The van der Waals surface area contributed by atoms with Gasteiger partial charge in [0.25, 0.3) is 0 Å². The van der Waals surface area contributed by atoms with Gasteiger partial charge in [0.1, 0.15) is 0 Å². The molecular formula is C13H18N2OS. The Bertz CT molecular complexity index is 400. The van der Waals surface area contributed by atoms with Crippen molar-refractivity contribution in [2.75, 3.05) is 0 Å². The van der Waals surface area contributed by atoms with Gasteiger partial charge in [-0.05, 0) is 18.9 Å². The zero-order valence-electron chi connectivity index (χ0n) is 10.2. The van der Waals surface area contributed by atoms with Gasteiger partial charge < -0.3 is 11.1 Å². The summed E-state index contributed by atoms with van der Waals surface area (Å²) in [5.41, 5.74) is 7.70. The lowest BCUT2D eigenvalue weighted by molar-refractivity contribution is -0.120. The largest absolute Gasteiger partial charge is 0.392 e. The van der Waals surface area contributed by atoms with Crippen LogP contribution in [0.15, 0.2) is 24.3 Å². The minimum atomic E-state index is -0.206. The first kappa shape index (κ1) is 13.6. The molecule has 1 unspecified atom stereocenters. The first-order valence-corrected chi connectivity index (χ1v) is 6.08. The average Bonchev–Trinajstić information content (AvgIpc) is 2.28. The van der Waals surface area contributed by atoms with Crippen LogP contribution >= 0.6 is 12.2 Å². The molecule has 0 bridgehead atoms. The smallest absolute Gasteiger partial charge is 0.224 e. The monoisotopic (exact) mass is 250 g/mol. The summed E-state index contributed by atoms with van der Waals surface area (Å²) >= 11 is 4.88. The zero-order valence-corrected chi connectivity index (χ0v) is 11.0. The van der Waals surface area contributed by atoms with Gasteiger partial charge in [0.05, 0.1) is 17.5 Å². The predicted molar refractivity (Wildman–Crippen MR) is 73.9 cm³/mol. The summed E-state index contributed by atoms with van der Waals surface area (Å²) in [6.45, 7) is 3.96. The molecule has 0 fully saturated rings. The molecule has 0 spiro atoms. The quantitative estimate of drug-likeness (QED) is 0.782. The van der Waals surface area contributed by atoms with Crippen molar-refractivity contribution in [3.63, 3.8) is 0 Å². The number of benzene rings is 1.